The van der Waals surface area contributed by atoms with Crippen LogP contribution in [-0.4, -0.2) is 59.5 Å². The van der Waals surface area contributed by atoms with Gasteiger partial charge in [0.2, 0.25) is 26.0 Å². The number of nitrogens with one attached hydrogen (secondary N) is 1. The van der Waals surface area contributed by atoms with Crippen LogP contribution in [0, 0.1) is 13.8 Å². The molecule has 0 unspecified atom stereocenters. The van der Waals surface area contributed by atoms with E-state index in [2.05, 4.69) is 5.32 Å². The summed E-state index contributed by atoms with van der Waals surface area (Å²) < 4.78 is 59.5. The Kier molecular flexibility index (Phi) is 8.13. The molecule has 11 heteroatoms. The summed E-state index contributed by atoms with van der Waals surface area (Å²) in [5, 5.41) is 2.71. The standard InChI is InChI=1S/C24H33N3O6S2/c1-6-22(27(34(5,29)30)19-10-9-17(2)18(3)15-19)24(28)25-21-16-20(11-12-23(21)33-4)35(31,32)26-13-7-8-14-26/h9-12,15-16,22H,6-8,13-14H2,1-5H3,(H,25,28)/t22-/m1/s1. The highest BCUT2D eigenvalue weighted by Crippen LogP contribution is 2.31. The van der Waals surface area contributed by atoms with Crippen molar-refractivity contribution in [3.63, 3.8) is 0 Å². The molecular formula is C24H33N3O6S2. The van der Waals surface area contributed by atoms with Gasteiger partial charge in [0.05, 0.1) is 29.6 Å². The number of aryl methyl sites for hydroxylation is 2. The number of nitrogens with zero attached hydrogens (tertiary/aromatic N) is 2. The monoisotopic (exact) mass is 523 g/mol. The van der Waals surface area contributed by atoms with Gasteiger partial charge in [0.15, 0.2) is 0 Å². The van der Waals surface area contributed by atoms with Crippen LogP contribution in [-0.2, 0) is 24.8 Å². The van der Waals surface area contributed by atoms with E-state index in [0.717, 1.165) is 34.5 Å². The fourth-order valence-electron chi connectivity index (χ4n) is 4.16. The summed E-state index contributed by atoms with van der Waals surface area (Å²) >= 11 is 0. The van der Waals surface area contributed by atoms with E-state index in [4.69, 9.17) is 4.74 Å². The third-order valence-corrected chi connectivity index (χ3v) is 9.28. The number of anilines is 2. The number of carbonyl (C=O) groups excluding carboxylic acids is 1. The maximum absolute atomic E-state index is 13.4. The predicted molar refractivity (Wildman–Crippen MR) is 137 cm³/mol. The number of benzene rings is 2. The summed E-state index contributed by atoms with van der Waals surface area (Å²) in [7, 11) is -6.12. The molecule has 0 aliphatic carbocycles. The maximum Gasteiger partial charge on any atom is 0.248 e. The number of hydrogen-bond acceptors (Lipinski definition) is 6. The second kappa shape index (κ2) is 10.5. The third-order valence-electron chi connectivity index (χ3n) is 6.21. The molecule has 1 fully saturated rings. The average molecular weight is 524 g/mol. The lowest BCUT2D eigenvalue weighted by Gasteiger charge is -2.30. The summed E-state index contributed by atoms with van der Waals surface area (Å²) in [5.41, 5.74) is 2.44. The zero-order valence-corrected chi connectivity index (χ0v) is 22.4. The summed E-state index contributed by atoms with van der Waals surface area (Å²) in [5.74, 6) is -0.323. The largest absolute Gasteiger partial charge is 0.495 e. The zero-order chi connectivity index (χ0) is 26.0. The van der Waals surface area contributed by atoms with E-state index < -0.39 is 32.0 Å². The lowest BCUT2D eigenvalue weighted by atomic mass is 10.1. The van der Waals surface area contributed by atoms with Gasteiger partial charge < -0.3 is 10.1 Å². The number of ether oxygens (including phenoxy) is 1. The molecule has 1 aliphatic heterocycles. The molecule has 2 aromatic carbocycles. The van der Waals surface area contributed by atoms with Gasteiger partial charge in [0.1, 0.15) is 11.8 Å². The first-order valence-corrected chi connectivity index (χ1v) is 14.7. The van der Waals surface area contributed by atoms with Crippen molar-refractivity contribution in [3.8, 4) is 5.75 Å². The first-order valence-electron chi connectivity index (χ1n) is 11.5. The number of amides is 1. The van der Waals surface area contributed by atoms with Crippen LogP contribution >= 0.6 is 0 Å². The van der Waals surface area contributed by atoms with Gasteiger partial charge in [-0.1, -0.05) is 13.0 Å². The molecule has 192 valence electrons. The van der Waals surface area contributed by atoms with Crippen LogP contribution < -0.4 is 14.4 Å². The molecule has 1 N–H and O–H groups in total. The number of methoxy groups -OCH3 is 1. The molecule has 0 aromatic heterocycles. The molecule has 0 radical (unpaired) electrons. The van der Waals surface area contributed by atoms with Gasteiger partial charge >= 0.3 is 0 Å². The van der Waals surface area contributed by atoms with Crippen LogP contribution in [0.25, 0.3) is 0 Å². The second-order valence-electron chi connectivity index (χ2n) is 8.71. The minimum absolute atomic E-state index is 0.0395. The van der Waals surface area contributed by atoms with Crippen molar-refractivity contribution in [2.24, 2.45) is 0 Å². The SMILES string of the molecule is CC[C@H](C(=O)Nc1cc(S(=O)(=O)N2CCCC2)ccc1OC)N(c1ccc(C)c(C)c1)S(C)(=O)=O. The highest BCUT2D eigenvalue weighted by atomic mass is 32.2. The average Bonchev–Trinajstić information content (AvgIpc) is 3.34. The second-order valence-corrected chi connectivity index (χ2v) is 12.5. The Labute approximate surface area is 208 Å². The van der Waals surface area contributed by atoms with Gasteiger partial charge in [-0.15, -0.1) is 0 Å². The Bertz CT molecular complexity index is 1300. The smallest absolute Gasteiger partial charge is 0.248 e. The molecule has 1 atom stereocenters. The molecule has 0 spiro atoms. The number of rotatable bonds is 9. The highest BCUT2D eigenvalue weighted by molar-refractivity contribution is 7.92. The van der Waals surface area contributed by atoms with E-state index in [0.29, 0.717) is 18.8 Å². The molecule has 3 rings (SSSR count). The molecule has 35 heavy (non-hydrogen) atoms. The van der Waals surface area contributed by atoms with Crippen LogP contribution in [0.15, 0.2) is 41.3 Å². The quantitative estimate of drug-likeness (QED) is 0.540. The van der Waals surface area contributed by atoms with Gasteiger partial charge in [-0.2, -0.15) is 4.31 Å². The Morgan fingerprint density at radius 1 is 1.06 bits per heavy atom. The Morgan fingerprint density at radius 3 is 2.26 bits per heavy atom. The van der Waals surface area contributed by atoms with Crippen LogP contribution in [0.5, 0.6) is 5.75 Å². The summed E-state index contributed by atoms with van der Waals surface area (Å²) in [6.07, 6.45) is 2.86. The van der Waals surface area contributed by atoms with Crippen molar-refractivity contribution in [1.29, 1.82) is 0 Å². The van der Waals surface area contributed by atoms with Crippen molar-refractivity contribution in [1.82, 2.24) is 4.31 Å². The van der Waals surface area contributed by atoms with Gasteiger partial charge in [0, 0.05) is 13.1 Å². The number of sulfonamides is 2. The summed E-state index contributed by atoms with van der Waals surface area (Å²) in [4.78, 5) is 13.4. The molecule has 1 heterocycles. The Balaban J connectivity index is 1.98. The van der Waals surface area contributed by atoms with E-state index in [1.807, 2.05) is 19.9 Å². The zero-order valence-electron chi connectivity index (χ0n) is 20.7. The van der Waals surface area contributed by atoms with E-state index in [-0.39, 0.29) is 22.8 Å². The minimum Gasteiger partial charge on any atom is -0.495 e. The van der Waals surface area contributed by atoms with Crippen LogP contribution in [0.4, 0.5) is 11.4 Å². The van der Waals surface area contributed by atoms with Crippen LogP contribution in [0.1, 0.15) is 37.3 Å². The lowest BCUT2D eigenvalue weighted by molar-refractivity contribution is -0.117. The van der Waals surface area contributed by atoms with Gasteiger partial charge in [-0.25, -0.2) is 16.8 Å². The lowest BCUT2D eigenvalue weighted by Crippen LogP contribution is -2.47. The van der Waals surface area contributed by atoms with Crippen molar-refractivity contribution in [2.75, 3.05) is 36.1 Å². The van der Waals surface area contributed by atoms with Crippen LogP contribution in [0.3, 0.4) is 0 Å². The van der Waals surface area contributed by atoms with E-state index in [9.17, 15) is 21.6 Å². The fourth-order valence-corrected chi connectivity index (χ4v) is 6.91. The van der Waals surface area contributed by atoms with E-state index in [1.54, 1.807) is 19.1 Å². The number of carbonyl (C=O) groups is 1. The van der Waals surface area contributed by atoms with E-state index in [1.165, 1.54) is 29.6 Å². The molecule has 1 amide bonds. The van der Waals surface area contributed by atoms with Gasteiger partial charge in [-0.3, -0.25) is 9.10 Å². The van der Waals surface area contributed by atoms with Crippen LogP contribution in [0.2, 0.25) is 0 Å². The van der Waals surface area contributed by atoms with Gasteiger partial charge in [-0.05, 0) is 74.6 Å². The Morgan fingerprint density at radius 2 is 1.71 bits per heavy atom. The van der Waals surface area contributed by atoms with Crippen molar-refractivity contribution < 1.29 is 26.4 Å². The first-order chi connectivity index (χ1) is 16.4. The molecule has 0 saturated carbocycles. The highest BCUT2D eigenvalue weighted by Gasteiger charge is 2.33. The molecule has 2 aromatic rings. The van der Waals surface area contributed by atoms with Crippen molar-refractivity contribution in [3.05, 3.63) is 47.5 Å². The molecule has 0 bridgehead atoms. The summed E-state index contributed by atoms with van der Waals surface area (Å²) in [6.45, 7) is 6.41. The molecular weight excluding hydrogens is 490 g/mol. The minimum atomic E-state index is -3.82. The van der Waals surface area contributed by atoms with Crippen molar-refractivity contribution >= 4 is 37.3 Å². The predicted octanol–water partition coefficient (Wildman–Crippen LogP) is 3.28. The summed E-state index contributed by atoms with van der Waals surface area (Å²) in [6, 6.07) is 8.44. The van der Waals surface area contributed by atoms with E-state index >= 15 is 0 Å². The molecule has 1 aliphatic rings. The topological polar surface area (TPSA) is 113 Å². The Hall–Kier alpha value is -2.63. The molecule has 1 saturated heterocycles. The third kappa shape index (κ3) is 5.79. The molecule has 9 nitrogen and oxygen atoms in total. The maximum atomic E-state index is 13.4. The van der Waals surface area contributed by atoms with Gasteiger partial charge in [0.25, 0.3) is 0 Å². The first kappa shape index (κ1) is 27.0. The van der Waals surface area contributed by atoms with Crippen molar-refractivity contribution in [2.45, 2.75) is 51.0 Å². The fraction of sp³-hybridized carbons (Fsp3) is 0.458. The normalized spacial score (nSPS) is 15.6. The number of hydrogen-bond donors (Lipinski definition) is 1.